The lowest BCUT2D eigenvalue weighted by Crippen LogP contribution is -2.48. The molecule has 2 aromatic rings. The third-order valence-corrected chi connectivity index (χ3v) is 4.42. The first-order valence-electron chi connectivity index (χ1n) is 7.76. The predicted molar refractivity (Wildman–Crippen MR) is 94.2 cm³/mol. The molecule has 1 saturated heterocycles. The fourth-order valence-corrected chi connectivity index (χ4v) is 3.06. The molecule has 6 heteroatoms. The number of amides is 1. The van der Waals surface area contributed by atoms with Gasteiger partial charge in [0.15, 0.2) is 0 Å². The van der Waals surface area contributed by atoms with Crippen molar-refractivity contribution in [3.8, 4) is 11.5 Å². The fraction of sp³-hybridized carbons (Fsp3) is 0.278. The Balaban J connectivity index is 1.71. The number of rotatable bonds is 3. The van der Waals surface area contributed by atoms with Crippen molar-refractivity contribution in [1.82, 2.24) is 4.90 Å². The molecule has 2 aromatic carbocycles. The minimum absolute atomic E-state index is 0.0449. The molecule has 0 unspecified atom stereocenters. The molecule has 1 heterocycles. The van der Waals surface area contributed by atoms with Gasteiger partial charge in [-0.25, -0.2) is 0 Å². The van der Waals surface area contributed by atoms with Gasteiger partial charge in [0, 0.05) is 31.2 Å². The van der Waals surface area contributed by atoms with Crippen LogP contribution in [0.4, 0.5) is 5.69 Å². The number of benzene rings is 2. The first-order chi connectivity index (χ1) is 11.6. The molecule has 126 valence electrons. The van der Waals surface area contributed by atoms with E-state index in [1.165, 1.54) is 12.1 Å². The first-order valence-corrected chi connectivity index (χ1v) is 8.13. The summed E-state index contributed by atoms with van der Waals surface area (Å²) in [4.78, 5) is 16.5. The van der Waals surface area contributed by atoms with E-state index in [4.69, 9.17) is 16.3 Å². The van der Waals surface area contributed by atoms with Crippen LogP contribution >= 0.6 is 11.6 Å². The average Bonchev–Trinajstić information content (AvgIpc) is 2.63. The smallest absolute Gasteiger partial charge is 0.257 e. The number of aromatic hydroxyl groups is 1. The predicted octanol–water partition coefficient (Wildman–Crippen LogP) is 3.02. The molecular formula is C18H19ClN2O3. The number of carbonyl (C=O) groups is 1. The van der Waals surface area contributed by atoms with Gasteiger partial charge in [0.05, 0.1) is 18.4 Å². The molecule has 1 N–H and O–H groups in total. The van der Waals surface area contributed by atoms with Gasteiger partial charge in [-0.15, -0.1) is 0 Å². The highest BCUT2D eigenvalue weighted by atomic mass is 35.5. The van der Waals surface area contributed by atoms with Crippen molar-refractivity contribution < 1.29 is 14.6 Å². The first kappa shape index (κ1) is 16.5. The van der Waals surface area contributed by atoms with E-state index in [2.05, 4.69) is 4.90 Å². The van der Waals surface area contributed by atoms with Crippen molar-refractivity contribution in [1.29, 1.82) is 0 Å². The van der Waals surface area contributed by atoms with Crippen LogP contribution < -0.4 is 9.64 Å². The summed E-state index contributed by atoms with van der Waals surface area (Å²) in [5, 5.41) is 10.3. The molecule has 0 spiro atoms. The molecule has 5 nitrogen and oxygen atoms in total. The van der Waals surface area contributed by atoms with Crippen molar-refractivity contribution in [3.63, 3.8) is 0 Å². The van der Waals surface area contributed by atoms with Gasteiger partial charge >= 0.3 is 0 Å². The Hall–Kier alpha value is -2.40. The molecule has 0 atom stereocenters. The summed E-state index contributed by atoms with van der Waals surface area (Å²) in [6.45, 7) is 2.55. The van der Waals surface area contributed by atoms with Crippen LogP contribution in [0.15, 0.2) is 42.5 Å². The largest absolute Gasteiger partial charge is 0.507 e. The van der Waals surface area contributed by atoms with Crippen LogP contribution in [0.3, 0.4) is 0 Å². The van der Waals surface area contributed by atoms with Gasteiger partial charge in [0.2, 0.25) is 0 Å². The molecule has 3 rings (SSSR count). The summed E-state index contributed by atoms with van der Waals surface area (Å²) in [5.74, 6) is 0.580. The van der Waals surface area contributed by atoms with E-state index >= 15 is 0 Å². The number of piperazine rings is 1. The zero-order valence-corrected chi connectivity index (χ0v) is 14.2. The Kier molecular flexibility index (Phi) is 4.81. The zero-order chi connectivity index (χ0) is 17.1. The van der Waals surface area contributed by atoms with Crippen LogP contribution in [-0.2, 0) is 0 Å². The van der Waals surface area contributed by atoms with Crippen molar-refractivity contribution in [2.75, 3.05) is 38.2 Å². The van der Waals surface area contributed by atoms with E-state index in [9.17, 15) is 9.90 Å². The topological polar surface area (TPSA) is 53.0 Å². The second kappa shape index (κ2) is 7.01. The van der Waals surface area contributed by atoms with E-state index in [0.29, 0.717) is 31.2 Å². The molecule has 0 aromatic heterocycles. The number of nitrogens with zero attached hydrogens (tertiary/aromatic N) is 2. The Morgan fingerprint density at radius 3 is 2.54 bits per heavy atom. The van der Waals surface area contributed by atoms with Crippen LogP contribution in [0.2, 0.25) is 5.02 Å². The normalized spacial score (nSPS) is 14.6. The van der Waals surface area contributed by atoms with E-state index in [-0.39, 0.29) is 17.2 Å². The highest BCUT2D eigenvalue weighted by molar-refractivity contribution is 6.31. The van der Waals surface area contributed by atoms with Crippen molar-refractivity contribution in [2.24, 2.45) is 0 Å². The lowest BCUT2D eigenvalue weighted by Gasteiger charge is -2.36. The second-order valence-corrected chi connectivity index (χ2v) is 6.05. The number of methoxy groups -OCH3 is 1. The molecule has 0 radical (unpaired) electrons. The van der Waals surface area contributed by atoms with Crippen molar-refractivity contribution in [2.45, 2.75) is 0 Å². The van der Waals surface area contributed by atoms with E-state index < -0.39 is 0 Å². The average molecular weight is 347 g/mol. The van der Waals surface area contributed by atoms with E-state index in [1.807, 2.05) is 24.3 Å². The van der Waals surface area contributed by atoms with Crippen LogP contribution in [0, 0.1) is 0 Å². The molecular weight excluding hydrogens is 328 g/mol. The maximum Gasteiger partial charge on any atom is 0.257 e. The number of ether oxygens (including phenoxy) is 1. The van der Waals surface area contributed by atoms with E-state index in [1.54, 1.807) is 18.1 Å². The van der Waals surface area contributed by atoms with Gasteiger partial charge in [0.1, 0.15) is 11.5 Å². The Bertz CT molecular complexity index is 743. The van der Waals surface area contributed by atoms with Crippen LogP contribution in [0.5, 0.6) is 11.5 Å². The lowest BCUT2D eigenvalue weighted by atomic mass is 10.1. The molecule has 1 fully saturated rings. The number of anilines is 1. The van der Waals surface area contributed by atoms with E-state index in [0.717, 1.165) is 11.4 Å². The Labute approximate surface area is 146 Å². The summed E-state index contributed by atoms with van der Waals surface area (Å²) in [5.41, 5.74) is 1.27. The number of carbonyl (C=O) groups excluding carboxylic acids is 1. The van der Waals surface area contributed by atoms with Crippen LogP contribution in [0.1, 0.15) is 10.4 Å². The maximum atomic E-state index is 12.6. The van der Waals surface area contributed by atoms with Gasteiger partial charge < -0.3 is 19.6 Å². The SMILES string of the molecule is COc1ccccc1N1CCN(C(=O)c2cc(Cl)ccc2O)CC1. The number of para-hydroxylation sites is 2. The molecule has 1 aliphatic heterocycles. The van der Waals surface area contributed by atoms with Gasteiger partial charge in [-0.05, 0) is 30.3 Å². The third-order valence-electron chi connectivity index (χ3n) is 4.18. The number of phenolic OH excluding ortho intramolecular Hbond substituents is 1. The fourth-order valence-electron chi connectivity index (χ4n) is 2.89. The van der Waals surface area contributed by atoms with Gasteiger partial charge in [-0.2, -0.15) is 0 Å². The van der Waals surface area contributed by atoms with Crippen LogP contribution in [-0.4, -0.2) is 49.2 Å². The minimum Gasteiger partial charge on any atom is -0.507 e. The monoisotopic (exact) mass is 346 g/mol. The van der Waals surface area contributed by atoms with Gasteiger partial charge in [0.25, 0.3) is 5.91 Å². The second-order valence-electron chi connectivity index (χ2n) is 5.61. The van der Waals surface area contributed by atoms with Crippen molar-refractivity contribution in [3.05, 3.63) is 53.1 Å². The summed E-state index contributed by atoms with van der Waals surface area (Å²) >= 11 is 5.93. The standard InChI is InChI=1S/C18H19ClN2O3/c1-24-17-5-3-2-4-15(17)20-8-10-21(11-9-20)18(23)14-12-13(19)6-7-16(14)22/h2-7,12,22H,8-11H2,1H3. The molecule has 1 aliphatic rings. The van der Waals surface area contributed by atoms with Gasteiger partial charge in [-0.3, -0.25) is 4.79 Å². The minimum atomic E-state index is -0.199. The molecule has 0 aliphatic carbocycles. The maximum absolute atomic E-state index is 12.6. The number of hydrogen-bond acceptors (Lipinski definition) is 4. The number of phenols is 1. The summed E-state index contributed by atoms with van der Waals surface area (Å²) in [6, 6.07) is 12.4. The molecule has 0 saturated carbocycles. The third kappa shape index (κ3) is 3.26. The summed E-state index contributed by atoms with van der Waals surface area (Å²) < 4.78 is 5.40. The Morgan fingerprint density at radius 2 is 1.83 bits per heavy atom. The molecule has 24 heavy (non-hydrogen) atoms. The lowest BCUT2D eigenvalue weighted by molar-refractivity contribution is 0.0743. The highest BCUT2D eigenvalue weighted by Crippen LogP contribution is 2.29. The number of hydrogen-bond donors (Lipinski definition) is 1. The summed E-state index contributed by atoms with van der Waals surface area (Å²) in [6.07, 6.45) is 0. The highest BCUT2D eigenvalue weighted by Gasteiger charge is 2.25. The number of halogens is 1. The van der Waals surface area contributed by atoms with Crippen LogP contribution in [0.25, 0.3) is 0 Å². The zero-order valence-electron chi connectivity index (χ0n) is 13.4. The molecule has 0 bridgehead atoms. The Morgan fingerprint density at radius 1 is 1.12 bits per heavy atom. The quantitative estimate of drug-likeness (QED) is 0.928. The molecule has 1 amide bonds. The van der Waals surface area contributed by atoms with Gasteiger partial charge in [-0.1, -0.05) is 23.7 Å². The van der Waals surface area contributed by atoms with Crippen molar-refractivity contribution >= 4 is 23.2 Å². The summed E-state index contributed by atoms with van der Waals surface area (Å²) in [7, 11) is 1.65.